The molecule has 44 valence electrons. The monoisotopic (exact) mass is 148 g/mol. The summed E-state index contributed by atoms with van der Waals surface area (Å²) in [4.78, 5) is 0. The maximum absolute atomic E-state index is 2.36. The molecule has 0 fully saturated rings. The molecule has 0 aliphatic heterocycles. The van der Waals surface area contributed by atoms with Crippen molar-refractivity contribution < 1.29 is 0 Å². The second kappa shape index (κ2) is 6.65. The first-order chi connectivity index (χ1) is 3.41. The van der Waals surface area contributed by atoms with E-state index in [0.717, 1.165) is 0 Å². The molecule has 0 aliphatic rings. The summed E-state index contributed by atoms with van der Waals surface area (Å²) in [5.41, 5.74) is 0. The van der Waals surface area contributed by atoms with Gasteiger partial charge in [-0.1, -0.05) is 25.9 Å². The van der Waals surface area contributed by atoms with Crippen LogP contribution in [0.4, 0.5) is 0 Å². The third kappa shape index (κ3) is 6.65. The van der Waals surface area contributed by atoms with Gasteiger partial charge in [0.25, 0.3) is 0 Å². The zero-order valence-electron chi connectivity index (χ0n) is 5.54. The summed E-state index contributed by atoms with van der Waals surface area (Å²) in [6.45, 7) is 4.73. The second-order valence-electron chi connectivity index (χ2n) is 2.06. The lowest BCUT2D eigenvalue weighted by Gasteiger charge is -1.87. The van der Waals surface area contributed by atoms with Gasteiger partial charge >= 0.3 is 0 Å². The molecule has 0 aromatic rings. The largest absolute Gasteiger partial charge is 0.0685 e. The van der Waals surface area contributed by atoms with Crippen molar-refractivity contribution in [2.24, 2.45) is 0 Å². The Balaban J connectivity index is 2.45. The minimum atomic E-state index is 0.611. The van der Waals surface area contributed by atoms with Gasteiger partial charge in [0.2, 0.25) is 0 Å². The number of rotatable bonds is 4. The van der Waals surface area contributed by atoms with Crippen LogP contribution < -0.4 is 0 Å². The van der Waals surface area contributed by atoms with Gasteiger partial charge in [-0.15, -0.1) is 0 Å². The maximum atomic E-state index is 2.36. The number of hydrogen-bond acceptors (Lipinski definition) is 0. The van der Waals surface area contributed by atoms with Gasteiger partial charge in [-0.2, -0.15) is 0 Å². The third-order valence-corrected chi connectivity index (χ3v) is 19.9. The van der Waals surface area contributed by atoms with Crippen molar-refractivity contribution in [3.05, 3.63) is 0 Å². The highest BCUT2D eigenvalue weighted by Crippen LogP contribution is 1.72. The molecular weight excluding hydrogens is 132 g/mol. The van der Waals surface area contributed by atoms with E-state index >= 15 is 0 Å². The van der Waals surface area contributed by atoms with Crippen molar-refractivity contribution in [3.63, 3.8) is 0 Å². The smallest absolute Gasteiger partial charge is 0.00459 e. The molecule has 7 heavy (non-hydrogen) atoms. The molecule has 3 heteroatoms. The van der Waals surface area contributed by atoms with Gasteiger partial charge in [0.1, 0.15) is 0 Å². The zero-order valence-corrected chi connectivity index (χ0v) is 9.78. The summed E-state index contributed by atoms with van der Waals surface area (Å²) in [6.07, 6.45) is 0. The molecule has 0 atom stereocenters. The normalized spacial score (nSPS) is 14.6. The fourth-order valence-electron chi connectivity index (χ4n) is 0.677. The fraction of sp³-hybridized carbons (Fsp3) is 1.00. The maximum Gasteiger partial charge on any atom is 0.00459 e. The first kappa shape index (κ1) is 7.65. The van der Waals surface area contributed by atoms with Crippen molar-refractivity contribution in [3.8, 4) is 0 Å². The van der Waals surface area contributed by atoms with Crippen LogP contribution in [-0.2, 0) is 0 Å². The van der Waals surface area contributed by atoms with Crippen LogP contribution in [0.1, 0.15) is 13.8 Å². The summed E-state index contributed by atoms with van der Waals surface area (Å²) in [7, 11) is 1.91. The molecule has 0 N–H and O–H groups in total. The summed E-state index contributed by atoms with van der Waals surface area (Å²) < 4.78 is 0. The van der Waals surface area contributed by atoms with Crippen molar-refractivity contribution in [2.45, 2.75) is 25.9 Å². The molecule has 0 aliphatic carbocycles. The zero-order chi connectivity index (χ0) is 5.54. The van der Waals surface area contributed by atoms with E-state index in [4.69, 9.17) is 0 Å². The average Bonchev–Trinajstić information content (AvgIpc) is 1.69. The van der Waals surface area contributed by atoms with E-state index in [1.807, 2.05) is 0 Å². The summed E-state index contributed by atoms with van der Waals surface area (Å²) in [5, 5.41) is 0. The highest BCUT2D eigenvalue weighted by molar-refractivity contribution is 7.29. The Morgan fingerprint density at radius 3 is 1.71 bits per heavy atom. The lowest BCUT2D eigenvalue weighted by Crippen LogP contribution is -2.09. The van der Waals surface area contributed by atoms with E-state index in [2.05, 4.69) is 13.8 Å². The summed E-state index contributed by atoms with van der Waals surface area (Å²) >= 11 is 0. The van der Waals surface area contributed by atoms with Gasteiger partial charge in [0.15, 0.2) is 0 Å². The molecule has 0 bridgehead atoms. The lowest BCUT2D eigenvalue weighted by atomic mass is 11.0. The van der Waals surface area contributed by atoms with E-state index in [1.54, 1.807) is 12.1 Å². The van der Waals surface area contributed by atoms with Gasteiger partial charge in [0.05, 0.1) is 0 Å². The Morgan fingerprint density at radius 2 is 1.43 bits per heavy atom. The Morgan fingerprint density at radius 1 is 1.00 bits per heavy atom. The predicted octanol–water partition coefficient (Wildman–Crippen LogP) is -0.801. The molecule has 0 rings (SSSR count). The van der Waals surface area contributed by atoms with Gasteiger partial charge in [-0.3, -0.25) is 0 Å². The molecule has 0 nitrogen and oxygen atoms in total. The number of hydrogen-bond donors (Lipinski definition) is 0. The Kier molecular flexibility index (Phi) is 7.27. The Bertz CT molecular complexity index is 26.1. The van der Waals surface area contributed by atoms with Crippen LogP contribution in [0.5, 0.6) is 0 Å². The van der Waals surface area contributed by atoms with Gasteiger partial charge in [-0.25, -0.2) is 0 Å². The van der Waals surface area contributed by atoms with Gasteiger partial charge in [0, 0.05) is 18.1 Å². The molecule has 0 unspecified atom stereocenters. The first-order valence-corrected chi connectivity index (χ1v) is 13.4. The Labute approximate surface area is 53.1 Å². The van der Waals surface area contributed by atoms with Crippen LogP contribution in [-0.4, -0.2) is 26.6 Å². The molecule has 0 amide bonds. The highest BCUT2D eigenvalue weighted by atomic mass is 29.5. The van der Waals surface area contributed by atoms with E-state index < -0.39 is 0 Å². The van der Waals surface area contributed by atoms with Crippen molar-refractivity contribution in [1.29, 1.82) is 0 Å². The summed E-state index contributed by atoms with van der Waals surface area (Å²) in [6, 6.07) is 3.19. The standard InChI is InChI=1S/C4H16Si3/c1-3-5-7-6-4-2/h3-7H2,1-2H3. The van der Waals surface area contributed by atoms with E-state index in [-0.39, 0.29) is 0 Å². The van der Waals surface area contributed by atoms with Crippen LogP contribution in [0.2, 0.25) is 12.1 Å². The van der Waals surface area contributed by atoms with Crippen molar-refractivity contribution >= 4 is 26.6 Å². The predicted molar refractivity (Wildman–Crippen MR) is 46.6 cm³/mol. The minimum Gasteiger partial charge on any atom is -0.0685 e. The summed E-state index contributed by atoms with van der Waals surface area (Å²) in [5.74, 6) is 0. The first-order valence-electron chi connectivity index (χ1n) is 3.41. The molecule has 0 saturated heterocycles. The van der Waals surface area contributed by atoms with Crippen LogP contribution in [0.25, 0.3) is 0 Å². The van der Waals surface area contributed by atoms with Gasteiger partial charge < -0.3 is 0 Å². The quantitative estimate of drug-likeness (QED) is 0.362. The fourth-order valence-corrected chi connectivity index (χ4v) is 18.3. The molecule has 0 aromatic heterocycles. The SMILES string of the molecule is CC[SiH2][SiH2][SiH2]CC. The van der Waals surface area contributed by atoms with Gasteiger partial charge in [-0.05, 0) is 8.55 Å². The van der Waals surface area contributed by atoms with Crippen molar-refractivity contribution in [1.82, 2.24) is 0 Å². The molecule has 0 radical (unpaired) electrons. The molecule has 0 aromatic carbocycles. The molecule has 0 heterocycles. The molecular formula is C4H16Si3. The van der Waals surface area contributed by atoms with E-state index in [1.165, 1.54) is 0 Å². The Hall–Kier alpha value is 0.651. The lowest BCUT2D eigenvalue weighted by molar-refractivity contribution is 1.47. The topological polar surface area (TPSA) is 0 Å². The van der Waals surface area contributed by atoms with E-state index in [0.29, 0.717) is 26.6 Å². The second-order valence-corrected chi connectivity index (χ2v) is 18.9. The van der Waals surface area contributed by atoms with Crippen LogP contribution >= 0.6 is 0 Å². The van der Waals surface area contributed by atoms with Crippen molar-refractivity contribution in [2.75, 3.05) is 0 Å². The van der Waals surface area contributed by atoms with Crippen LogP contribution in [0.3, 0.4) is 0 Å². The van der Waals surface area contributed by atoms with Crippen LogP contribution in [0, 0.1) is 0 Å². The van der Waals surface area contributed by atoms with Crippen LogP contribution in [0.15, 0.2) is 0 Å². The average molecular weight is 148 g/mol. The molecule has 0 spiro atoms. The van der Waals surface area contributed by atoms with E-state index in [9.17, 15) is 0 Å². The highest BCUT2D eigenvalue weighted by Gasteiger charge is 1.83. The minimum absolute atomic E-state index is 0.611. The molecule has 0 saturated carbocycles. The third-order valence-electron chi connectivity index (χ3n) is 1.21.